The molecule has 0 aromatic rings. The molecule has 3 aliphatic rings. The zero-order valence-corrected chi connectivity index (χ0v) is 13.8. The van der Waals surface area contributed by atoms with Crippen molar-refractivity contribution in [1.82, 2.24) is 21.1 Å². The molecule has 0 bridgehead atoms. The Hall–Kier alpha value is -1.75. The number of fused-ring (bicyclic) bond motifs is 3. The van der Waals surface area contributed by atoms with Crippen molar-refractivity contribution in [2.75, 3.05) is 0 Å². The Balaban J connectivity index is 2.01. The number of hydrazine groups is 1. The van der Waals surface area contributed by atoms with Crippen LogP contribution in [0.25, 0.3) is 0 Å². The summed E-state index contributed by atoms with van der Waals surface area (Å²) < 4.78 is 0. The lowest BCUT2D eigenvalue weighted by molar-refractivity contribution is -0.123. The van der Waals surface area contributed by atoms with Crippen molar-refractivity contribution in [2.45, 2.75) is 52.4 Å². The van der Waals surface area contributed by atoms with Gasteiger partial charge in [-0.05, 0) is 43.2 Å². The zero-order valence-electron chi connectivity index (χ0n) is 13.8. The van der Waals surface area contributed by atoms with Crippen LogP contribution >= 0.6 is 0 Å². The maximum atomic E-state index is 12.1. The number of allylic oxidation sites excluding steroid dienone is 2. The fourth-order valence-electron chi connectivity index (χ4n) is 3.62. The van der Waals surface area contributed by atoms with Crippen LogP contribution in [0.5, 0.6) is 0 Å². The van der Waals surface area contributed by atoms with E-state index in [9.17, 15) is 4.79 Å². The maximum Gasteiger partial charge on any atom is 0.224 e. The number of nitrogens with zero attached hydrogens (tertiary/aromatic N) is 1. The predicted molar refractivity (Wildman–Crippen MR) is 87.2 cm³/mol. The average Bonchev–Trinajstić information content (AvgIpc) is 2.45. The Labute approximate surface area is 132 Å². The lowest BCUT2D eigenvalue weighted by Gasteiger charge is -2.48. The van der Waals surface area contributed by atoms with Gasteiger partial charge in [0, 0.05) is 24.2 Å². The standard InChI is InChI=1S/C17H26N4O/c1-10(2)16-15-12(8-14(22)19-16)9-21(20-11(3)4)17-13(15)6-5-7-18-17/h5-7,9-11,15-18,20H,8H2,1-4H3,(H,19,22). The maximum absolute atomic E-state index is 12.1. The summed E-state index contributed by atoms with van der Waals surface area (Å²) in [6.07, 6.45) is 8.95. The summed E-state index contributed by atoms with van der Waals surface area (Å²) in [7, 11) is 0. The fourth-order valence-corrected chi connectivity index (χ4v) is 3.62. The van der Waals surface area contributed by atoms with Gasteiger partial charge in [-0.3, -0.25) is 9.80 Å². The first kappa shape index (κ1) is 15.2. The van der Waals surface area contributed by atoms with Gasteiger partial charge < -0.3 is 10.6 Å². The summed E-state index contributed by atoms with van der Waals surface area (Å²) >= 11 is 0. The number of hydrogen-bond donors (Lipinski definition) is 3. The third-order valence-electron chi connectivity index (χ3n) is 4.47. The first-order valence-corrected chi connectivity index (χ1v) is 8.14. The number of carbonyl (C=O) groups is 1. The van der Waals surface area contributed by atoms with Crippen LogP contribution in [0.3, 0.4) is 0 Å². The molecule has 0 aliphatic carbocycles. The molecular weight excluding hydrogens is 276 g/mol. The van der Waals surface area contributed by atoms with Crippen LogP contribution in [0.2, 0.25) is 0 Å². The first-order valence-electron chi connectivity index (χ1n) is 8.14. The van der Waals surface area contributed by atoms with Gasteiger partial charge in [-0.25, -0.2) is 5.43 Å². The molecule has 3 atom stereocenters. The number of carbonyl (C=O) groups excluding carboxylic acids is 1. The second-order valence-electron chi connectivity index (χ2n) is 6.98. The van der Waals surface area contributed by atoms with E-state index in [-0.39, 0.29) is 24.0 Å². The van der Waals surface area contributed by atoms with Crippen molar-refractivity contribution in [3.63, 3.8) is 0 Å². The highest BCUT2D eigenvalue weighted by Crippen LogP contribution is 2.39. The lowest BCUT2D eigenvalue weighted by atomic mass is 9.73. The van der Waals surface area contributed by atoms with Gasteiger partial charge in [0.15, 0.2) is 0 Å². The Morgan fingerprint density at radius 3 is 2.77 bits per heavy atom. The minimum Gasteiger partial charge on any atom is -0.367 e. The monoisotopic (exact) mass is 302 g/mol. The quantitative estimate of drug-likeness (QED) is 0.742. The second-order valence-corrected chi connectivity index (χ2v) is 6.98. The molecule has 5 heteroatoms. The van der Waals surface area contributed by atoms with E-state index in [0.717, 1.165) is 0 Å². The summed E-state index contributed by atoms with van der Waals surface area (Å²) in [5.41, 5.74) is 5.99. The predicted octanol–water partition coefficient (Wildman–Crippen LogP) is 1.63. The van der Waals surface area contributed by atoms with Crippen molar-refractivity contribution >= 4 is 5.91 Å². The second kappa shape index (κ2) is 5.80. The molecule has 1 amide bonds. The van der Waals surface area contributed by atoms with Crippen LogP contribution in [0.15, 0.2) is 35.7 Å². The third kappa shape index (κ3) is 2.65. The smallest absolute Gasteiger partial charge is 0.224 e. The normalized spacial score (nSPS) is 30.4. The zero-order chi connectivity index (χ0) is 15.9. The van der Waals surface area contributed by atoms with E-state index in [4.69, 9.17) is 0 Å². The molecule has 3 N–H and O–H groups in total. The van der Waals surface area contributed by atoms with Crippen molar-refractivity contribution < 1.29 is 4.79 Å². The van der Waals surface area contributed by atoms with Gasteiger partial charge in [0.05, 0.1) is 6.42 Å². The number of dihydropyridines is 1. The molecule has 1 saturated heterocycles. The molecular formula is C17H26N4O. The van der Waals surface area contributed by atoms with Gasteiger partial charge in [0.1, 0.15) is 6.17 Å². The van der Waals surface area contributed by atoms with Gasteiger partial charge in [-0.15, -0.1) is 0 Å². The highest BCUT2D eigenvalue weighted by molar-refractivity contribution is 5.81. The van der Waals surface area contributed by atoms with Crippen LogP contribution < -0.4 is 16.1 Å². The van der Waals surface area contributed by atoms with E-state index < -0.39 is 0 Å². The molecule has 22 heavy (non-hydrogen) atoms. The van der Waals surface area contributed by atoms with Gasteiger partial charge in [0.2, 0.25) is 5.91 Å². The molecule has 0 spiro atoms. The van der Waals surface area contributed by atoms with Crippen LogP contribution in [-0.2, 0) is 4.79 Å². The van der Waals surface area contributed by atoms with Crippen molar-refractivity contribution in [3.8, 4) is 0 Å². The molecule has 3 heterocycles. The van der Waals surface area contributed by atoms with Gasteiger partial charge in [-0.2, -0.15) is 0 Å². The Kier molecular flexibility index (Phi) is 4.00. The molecule has 0 radical (unpaired) electrons. The third-order valence-corrected chi connectivity index (χ3v) is 4.47. The van der Waals surface area contributed by atoms with Gasteiger partial charge in [0.25, 0.3) is 0 Å². The van der Waals surface area contributed by atoms with Crippen molar-refractivity contribution in [2.24, 2.45) is 11.8 Å². The summed E-state index contributed by atoms with van der Waals surface area (Å²) in [6, 6.07) is 0.497. The number of rotatable bonds is 3. The largest absolute Gasteiger partial charge is 0.367 e. The minimum atomic E-state index is 0.109. The molecule has 3 aliphatic heterocycles. The molecule has 120 valence electrons. The molecule has 5 nitrogen and oxygen atoms in total. The van der Waals surface area contributed by atoms with E-state index in [1.807, 2.05) is 6.20 Å². The van der Waals surface area contributed by atoms with E-state index in [2.05, 4.69) is 67.1 Å². The number of amides is 1. The fraction of sp³-hybridized carbons (Fsp3) is 0.588. The van der Waals surface area contributed by atoms with E-state index in [0.29, 0.717) is 18.4 Å². The van der Waals surface area contributed by atoms with E-state index in [1.54, 1.807) is 0 Å². The summed E-state index contributed by atoms with van der Waals surface area (Å²) in [5, 5.41) is 8.74. The molecule has 0 aromatic carbocycles. The van der Waals surface area contributed by atoms with Crippen LogP contribution in [0.1, 0.15) is 34.1 Å². The number of hydrogen-bond acceptors (Lipinski definition) is 4. The van der Waals surface area contributed by atoms with E-state index in [1.165, 1.54) is 11.1 Å². The van der Waals surface area contributed by atoms with Crippen molar-refractivity contribution in [3.05, 3.63) is 35.7 Å². The SMILES string of the molecule is CC(C)NN1C=C2CC(=O)NC(C(C)C)C2C2=CC=CNC21. The van der Waals surface area contributed by atoms with Crippen LogP contribution in [-0.4, -0.2) is 29.2 Å². The molecule has 3 rings (SSSR count). The first-order chi connectivity index (χ1) is 10.5. The van der Waals surface area contributed by atoms with E-state index >= 15 is 0 Å². The summed E-state index contributed by atoms with van der Waals surface area (Å²) in [4.78, 5) is 12.1. The van der Waals surface area contributed by atoms with Crippen LogP contribution in [0.4, 0.5) is 0 Å². The summed E-state index contributed by atoms with van der Waals surface area (Å²) in [6.45, 7) is 8.59. The molecule has 3 unspecified atom stereocenters. The lowest BCUT2D eigenvalue weighted by Crippen LogP contribution is -2.60. The summed E-state index contributed by atoms with van der Waals surface area (Å²) in [5.74, 6) is 0.809. The average molecular weight is 302 g/mol. The number of nitrogens with one attached hydrogen (secondary N) is 3. The topological polar surface area (TPSA) is 56.4 Å². The number of piperidine rings is 1. The Morgan fingerprint density at radius 2 is 2.09 bits per heavy atom. The van der Waals surface area contributed by atoms with Gasteiger partial charge >= 0.3 is 0 Å². The van der Waals surface area contributed by atoms with Crippen molar-refractivity contribution in [1.29, 1.82) is 0 Å². The molecule has 1 fully saturated rings. The minimum absolute atomic E-state index is 0.109. The molecule has 0 aromatic heterocycles. The highest BCUT2D eigenvalue weighted by atomic mass is 16.1. The highest BCUT2D eigenvalue weighted by Gasteiger charge is 2.43. The van der Waals surface area contributed by atoms with Gasteiger partial charge in [-0.1, -0.05) is 19.9 Å². The Morgan fingerprint density at radius 1 is 1.32 bits per heavy atom. The Bertz CT molecular complexity index is 547. The van der Waals surface area contributed by atoms with Crippen LogP contribution in [0, 0.1) is 11.8 Å². The molecule has 0 saturated carbocycles.